The fraction of sp³-hybridized carbons (Fsp3) is 0.652. The number of carbonyl (C=O) groups is 1. The molecular formula is C23H36N6O4. The van der Waals surface area contributed by atoms with E-state index < -0.39 is 23.2 Å². The van der Waals surface area contributed by atoms with Crippen LogP contribution in [0, 0.1) is 5.41 Å². The number of rotatable bonds is 7. The molecule has 0 aromatic heterocycles. The lowest BCUT2D eigenvalue weighted by Gasteiger charge is -2.64. The predicted octanol–water partition coefficient (Wildman–Crippen LogP) is -0.556. The summed E-state index contributed by atoms with van der Waals surface area (Å²) in [5.74, 6) is -0.894. The van der Waals surface area contributed by atoms with E-state index in [0.717, 1.165) is 12.1 Å². The van der Waals surface area contributed by atoms with Gasteiger partial charge in [-0.2, -0.15) is 0 Å². The van der Waals surface area contributed by atoms with Gasteiger partial charge in [0.2, 0.25) is 0 Å². The number of hydrogen-bond acceptors (Lipinski definition) is 7. The molecule has 1 aromatic rings. The standard InChI is InChI=1S/C23H36N6O4/c1-29-10-8-22-12-14(28-17(30)3-2-9-27-21(25)26)6-7-23(22,33)16(29)11-13-4-5-15(20(24)32)19(31)18(13)22/h4-5,14,16-17,28,30-31,33H,2-3,6-12H2,1H3,(H2,24,32)(H4,25,26,27)/t14-,16-,17?,22-,23-/m1/s1. The minimum absolute atomic E-state index is 0.0623. The van der Waals surface area contributed by atoms with Crippen molar-refractivity contribution in [2.75, 3.05) is 20.1 Å². The quantitative estimate of drug-likeness (QED) is 0.115. The van der Waals surface area contributed by atoms with Crippen LogP contribution >= 0.6 is 0 Å². The Labute approximate surface area is 193 Å². The van der Waals surface area contributed by atoms with Crippen LogP contribution in [-0.2, 0) is 11.8 Å². The third-order valence-corrected chi connectivity index (χ3v) is 8.09. The third-order valence-electron chi connectivity index (χ3n) is 8.09. The molecule has 33 heavy (non-hydrogen) atoms. The summed E-state index contributed by atoms with van der Waals surface area (Å²) in [6, 6.07) is 3.29. The van der Waals surface area contributed by atoms with Gasteiger partial charge in [-0.15, -0.1) is 0 Å². The topological polar surface area (TPSA) is 181 Å². The molecule has 2 aliphatic carbocycles. The highest BCUT2D eigenvalue weighted by atomic mass is 16.3. The van der Waals surface area contributed by atoms with E-state index in [-0.39, 0.29) is 29.4 Å². The Morgan fingerprint density at radius 2 is 2.12 bits per heavy atom. The maximum Gasteiger partial charge on any atom is 0.252 e. The number of nitrogens with two attached hydrogens (primary N) is 2. The van der Waals surface area contributed by atoms with Gasteiger partial charge < -0.3 is 37.0 Å². The van der Waals surface area contributed by atoms with Crippen LogP contribution < -0.4 is 22.1 Å². The van der Waals surface area contributed by atoms with Crippen LogP contribution in [0.4, 0.5) is 0 Å². The van der Waals surface area contributed by atoms with Gasteiger partial charge in [0.05, 0.1) is 11.2 Å². The number of aliphatic hydroxyl groups is 2. The number of fused-ring (bicyclic) bond motifs is 1. The second kappa shape index (κ2) is 8.75. The second-order valence-corrected chi connectivity index (χ2v) is 9.92. The molecule has 4 rings (SSSR count). The molecule has 1 unspecified atom stereocenters. The summed E-state index contributed by atoms with van der Waals surface area (Å²) >= 11 is 0. The number of primary amides is 1. The molecule has 2 fully saturated rings. The highest BCUT2D eigenvalue weighted by Crippen LogP contribution is 2.60. The van der Waals surface area contributed by atoms with Crippen molar-refractivity contribution in [1.82, 2.24) is 15.5 Å². The van der Waals surface area contributed by atoms with Gasteiger partial charge in [0.1, 0.15) is 12.0 Å². The van der Waals surface area contributed by atoms with E-state index in [2.05, 4.69) is 15.5 Å². The first-order valence-electron chi connectivity index (χ1n) is 11.7. The molecule has 10 heteroatoms. The molecule has 3 aliphatic rings. The van der Waals surface area contributed by atoms with Gasteiger partial charge in [-0.3, -0.25) is 15.5 Å². The van der Waals surface area contributed by atoms with Crippen molar-refractivity contribution >= 4 is 11.9 Å². The highest BCUT2D eigenvalue weighted by Gasteiger charge is 2.65. The number of aliphatic hydroxyl groups excluding tert-OH is 1. The number of hydrogen-bond donors (Lipinski definition) is 8. The van der Waals surface area contributed by atoms with Gasteiger partial charge in [-0.25, -0.2) is 0 Å². The summed E-state index contributed by atoms with van der Waals surface area (Å²) in [6.45, 7) is 1.27. The number of piperidine rings is 1. The minimum atomic E-state index is -1.05. The number of carbonyl (C=O) groups excluding carboxylic acids is 1. The zero-order chi connectivity index (χ0) is 24.0. The Bertz CT molecular complexity index is 942. The molecule has 5 atom stereocenters. The lowest BCUT2D eigenvalue weighted by atomic mass is 9.48. The van der Waals surface area contributed by atoms with Gasteiger partial charge in [0, 0.05) is 29.6 Å². The van der Waals surface area contributed by atoms with Crippen molar-refractivity contribution in [3.8, 4) is 5.75 Å². The molecule has 1 saturated carbocycles. The average molecular weight is 461 g/mol. The van der Waals surface area contributed by atoms with E-state index in [9.17, 15) is 20.1 Å². The molecule has 1 aliphatic heterocycles. The summed E-state index contributed by atoms with van der Waals surface area (Å²) in [7, 11) is 2.03. The summed E-state index contributed by atoms with van der Waals surface area (Å²) in [5.41, 5.74) is 10.7. The fourth-order valence-corrected chi connectivity index (χ4v) is 6.55. The van der Waals surface area contributed by atoms with Crippen molar-refractivity contribution < 1.29 is 20.1 Å². The number of amides is 1. The maximum absolute atomic E-state index is 12.1. The van der Waals surface area contributed by atoms with Crippen LogP contribution in [0.3, 0.4) is 0 Å². The smallest absolute Gasteiger partial charge is 0.252 e. The number of benzene rings is 1. The number of guanidine groups is 1. The minimum Gasteiger partial charge on any atom is -0.507 e. The Morgan fingerprint density at radius 1 is 1.36 bits per heavy atom. The number of nitrogens with one attached hydrogen (secondary N) is 3. The Kier molecular flexibility index (Phi) is 6.30. The lowest BCUT2D eigenvalue weighted by molar-refractivity contribution is -0.167. The lowest BCUT2D eigenvalue weighted by Crippen LogP contribution is -2.73. The monoisotopic (exact) mass is 460 g/mol. The highest BCUT2D eigenvalue weighted by molar-refractivity contribution is 5.96. The largest absolute Gasteiger partial charge is 0.507 e. The van der Waals surface area contributed by atoms with Crippen molar-refractivity contribution in [2.24, 2.45) is 11.5 Å². The van der Waals surface area contributed by atoms with Gasteiger partial charge in [0.25, 0.3) is 5.91 Å². The van der Waals surface area contributed by atoms with E-state index in [0.29, 0.717) is 57.1 Å². The van der Waals surface area contributed by atoms with Gasteiger partial charge in [0.15, 0.2) is 5.96 Å². The Balaban J connectivity index is 1.62. The van der Waals surface area contributed by atoms with Crippen LogP contribution in [0.25, 0.3) is 0 Å². The summed E-state index contributed by atoms with van der Waals surface area (Å²) in [4.78, 5) is 14.2. The average Bonchev–Trinajstić information content (AvgIpc) is 2.74. The number of likely N-dealkylation sites (tertiary alicyclic amines) is 1. The number of likely N-dealkylation sites (N-methyl/N-ethyl adjacent to an activating group) is 1. The van der Waals surface area contributed by atoms with E-state index in [4.69, 9.17) is 16.9 Å². The molecule has 2 bridgehead atoms. The molecule has 182 valence electrons. The number of aromatic hydroxyl groups is 1. The molecule has 0 radical (unpaired) electrons. The summed E-state index contributed by atoms with van der Waals surface area (Å²) < 4.78 is 0. The van der Waals surface area contributed by atoms with Crippen LogP contribution in [0.1, 0.15) is 60.0 Å². The molecule has 1 amide bonds. The maximum atomic E-state index is 12.1. The van der Waals surface area contributed by atoms with Crippen LogP contribution in [0.2, 0.25) is 0 Å². The van der Waals surface area contributed by atoms with E-state index >= 15 is 0 Å². The van der Waals surface area contributed by atoms with Crippen molar-refractivity contribution in [2.45, 2.75) is 74.3 Å². The molecule has 10 N–H and O–H groups in total. The first-order chi connectivity index (χ1) is 15.6. The molecule has 1 heterocycles. The normalized spacial score (nSPS) is 31.8. The van der Waals surface area contributed by atoms with Gasteiger partial charge in [-0.05, 0) is 70.2 Å². The van der Waals surface area contributed by atoms with E-state index in [1.807, 2.05) is 13.1 Å². The second-order valence-electron chi connectivity index (χ2n) is 9.92. The van der Waals surface area contributed by atoms with E-state index in [1.165, 1.54) is 0 Å². The van der Waals surface area contributed by atoms with Gasteiger partial charge in [-0.1, -0.05) is 6.07 Å². The van der Waals surface area contributed by atoms with Crippen LogP contribution in [-0.4, -0.2) is 76.1 Å². The summed E-state index contributed by atoms with van der Waals surface area (Å²) in [5, 5.41) is 47.0. The number of phenols is 1. The zero-order valence-corrected chi connectivity index (χ0v) is 19.1. The van der Waals surface area contributed by atoms with Crippen molar-refractivity contribution in [1.29, 1.82) is 5.41 Å². The van der Waals surface area contributed by atoms with Crippen LogP contribution in [0.15, 0.2) is 12.1 Å². The molecule has 0 spiro atoms. The van der Waals surface area contributed by atoms with Crippen molar-refractivity contribution in [3.05, 3.63) is 28.8 Å². The SMILES string of the molecule is CN1CC[C@]23C[C@H](NC(O)CCCNC(=N)N)CC[C@@]2(O)[C@H]1Cc1ccc(C(N)=O)c(O)c13. The van der Waals surface area contributed by atoms with Crippen molar-refractivity contribution in [3.63, 3.8) is 0 Å². The van der Waals surface area contributed by atoms with Gasteiger partial charge >= 0.3 is 0 Å². The molecular weight excluding hydrogens is 424 g/mol. The fourth-order valence-electron chi connectivity index (χ4n) is 6.55. The van der Waals surface area contributed by atoms with Crippen LogP contribution in [0.5, 0.6) is 5.75 Å². The van der Waals surface area contributed by atoms with E-state index in [1.54, 1.807) is 6.07 Å². The first kappa shape index (κ1) is 23.7. The molecule has 1 saturated heterocycles. The Hall–Kier alpha value is -2.40. The molecule has 10 nitrogen and oxygen atoms in total. The number of nitrogens with zero attached hydrogens (tertiary/aromatic N) is 1. The first-order valence-corrected chi connectivity index (χ1v) is 11.7. The zero-order valence-electron chi connectivity index (χ0n) is 19.1. The Morgan fingerprint density at radius 3 is 2.82 bits per heavy atom. The third kappa shape index (κ3) is 3.95. The predicted molar refractivity (Wildman–Crippen MR) is 124 cm³/mol. The molecule has 1 aromatic carbocycles. The summed E-state index contributed by atoms with van der Waals surface area (Å²) in [6.07, 6.45) is 3.40.